The van der Waals surface area contributed by atoms with E-state index in [-0.39, 0.29) is 5.57 Å². The van der Waals surface area contributed by atoms with Gasteiger partial charge in [-0.1, -0.05) is 12.2 Å². The highest BCUT2D eigenvalue weighted by Gasteiger charge is 2.06. The first kappa shape index (κ1) is 4.61. The fourth-order valence-electron chi connectivity index (χ4n) is 0.362. The van der Waals surface area contributed by atoms with Gasteiger partial charge in [0.1, 0.15) is 17.7 Å². The third-order valence-corrected chi connectivity index (χ3v) is 0.846. The van der Waals surface area contributed by atoms with Gasteiger partial charge in [-0.15, -0.1) is 0 Å². The first-order chi connectivity index (χ1) is 3.88. The molecule has 0 aromatic rings. The van der Waals surface area contributed by atoms with Crippen molar-refractivity contribution in [2.75, 3.05) is 0 Å². The number of nitrogens with zero attached hydrogens (tertiary/aromatic N) is 2. The van der Waals surface area contributed by atoms with Gasteiger partial charge in [0.05, 0.1) is 0 Å². The predicted molar refractivity (Wildman–Crippen MR) is 27.4 cm³/mol. The quantitative estimate of drug-likeness (QED) is 0.426. The number of nitriles is 2. The monoisotopic (exact) mass is 102 g/mol. The van der Waals surface area contributed by atoms with Crippen LogP contribution in [0.5, 0.6) is 0 Å². The van der Waals surface area contributed by atoms with Gasteiger partial charge in [0.25, 0.3) is 0 Å². The summed E-state index contributed by atoms with van der Waals surface area (Å²) in [6.45, 7) is 0. The maximum Gasteiger partial charge on any atom is 0.136 e. The molecule has 0 unspecified atom stereocenters. The molecule has 1 aliphatic rings. The standard InChI is InChI=1S/C6H2N2/c7-3-6(4-8)5-1-2-5/h1-2H. The van der Waals surface area contributed by atoms with Gasteiger partial charge in [-0.25, -0.2) is 0 Å². The van der Waals surface area contributed by atoms with Crippen LogP contribution < -0.4 is 0 Å². The highest BCUT2D eigenvalue weighted by molar-refractivity contribution is 5.59. The normalized spacial score (nSPS) is 12.0. The first-order valence-corrected chi connectivity index (χ1v) is 2.11. The summed E-state index contributed by atoms with van der Waals surface area (Å²) in [7, 11) is 0. The summed E-state index contributed by atoms with van der Waals surface area (Å²) in [5.74, 6) is 0. The Morgan fingerprint density at radius 3 is 1.88 bits per heavy atom. The fourth-order valence-corrected chi connectivity index (χ4v) is 0.362. The van der Waals surface area contributed by atoms with Gasteiger partial charge in [-0.2, -0.15) is 10.5 Å². The van der Waals surface area contributed by atoms with Crippen molar-refractivity contribution in [1.82, 2.24) is 0 Å². The van der Waals surface area contributed by atoms with Crippen molar-refractivity contribution >= 4 is 0 Å². The molecule has 0 atom stereocenters. The van der Waals surface area contributed by atoms with Crippen molar-refractivity contribution in [3.05, 3.63) is 23.3 Å². The van der Waals surface area contributed by atoms with Gasteiger partial charge < -0.3 is 0 Å². The Bertz CT molecular complexity index is 221. The summed E-state index contributed by atoms with van der Waals surface area (Å²) in [5, 5.41) is 16.3. The molecule has 0 saturated heterocycles. The van der Waals surface area contributed by atoms with Gasteiger partial charge in [-0.3, -0.25) is 0 Å². The summed E-state index contributed by atoms with van der Waals surface area (Å²) in [4.78, 5) is 0. The molecule has 0 heterocycles. The molecule has 2 heteroatoms. The average molecular weight is 102 g/mol. The smallest absolute Gasteiger partial charge is 0.136 e. The Hall–Kier alpha value is -1.54. The molecule has 0 fully saturated rings. The Balaban J connectivity index is 2.88. The molecular weight excluding hydrogens is 100 g/mol. The van der Waals surface area contributed by atoms with Gasteiger partial charge in [0, 0.05) is 5.57 Å². The van der Waals surface area contributed by atoms with Crippen LogP contribution in [0.25, 0.3) is 0 Å². The fraction of sp³-hybridized carbons (Fsp3) is 0. The zero-order valence-corrected chi connectivity index (χ0v) is 4.05. The first-order valence-electron chi connectivity index (χ1n) is 2.11. The topological polar surface area (TPSA) is 47.6 Å². The van der Waals surface area contributed by atoms with Crippen molar-refractivity contribution < 1.29 is 0 Å². The lowest BCUT2D eigenvalue weighted by molar-refractivity contribution is 1.46. The second kappa shape index (κ2) is 1.52. The van der Waals surface area contributed by atoms with Crippen molar-refractivity contribution in [1.29, 1.82) is 10.5 Å². The molecule has 0 aliphatic heterocycles. The molecule has 0 amide bonds. The Morgan fingerprint density at radius 1 is 1.25 bits per heavy atom. The minimum Gasteiger partial charge on any atom is -0.192 e. The van der Waals surface area contributed by atoms with Gasteiger partial charge >= 0.3 is 0 Å². The maximum absolute atomic E-state index is 8.17. The van der Waals surface area contributed by atoms with Crippen LogP contribution in [0.4, 0.5) is 0 Å². The minimum absolute atomic E-state index is 0.213. The van der Waals surface area contributed by atoms with Crippen LogP contribution in [-0.2, 0) is 0 Å². The largest absolute Gasteiger partial charge is 0.192 e. The Labute approximate surface area is 47.0 Å². The number of allylic oxidation sites excluding steroid dienone is 4. The molecule has 0 N–H and O–H groups in total. The molecule has 0 spiro atoms. The van der Waals surface area contributed by atoms with E-state index in [9.17, 15) is 0 Å². The van der Waals surface area contributed by atoms with Crippen molar-refractivity contribution in [2.45, 2.75) is 0 Å². The molecule has 0 radical (unpaired) electrons. The summed E-state index contributed by atoms with van der Waals surface area (Å²) in [5.41, 5.74) is 0.986. The van der Waals surface area contributed by atoms with E-state index in [2.05, 4.69) is 0 Å². The lowest BCUT2D eigenvalue weighted by atomic mass is 10.3. The van der Waals surface area contributed by atoms with E-state index < -0.39 is 0 Å². The zero-order valence-electron chi connectivity index (χ0n) is 4.05. The highest BCUT2D eigenvalue weighted by Crippen LogP contribution is 2.17. The van der Waals surface area contributed by atoms with Crippen LogP contribution >= 0.6 is 0 Å². The minimum atomic E-state index is 0.213. The van der Waals surface area contributed by atoms with Crippen LogP contribution in [0.2, 0.25) is 0 Å². The number of rotatable bonds is 0. The third-order valence-electron chi connectivity index (χ3n) is 0.846. The van der Waals surface area contributed by atoms with E-state index in [1.807, 2.05) is 0 Å². The van der Waals surface area contributed by atoms with E-state index in [1.54, 1.807) is 24.3 Å². The van der Waals surface area contributed by atoms with Gasteiger partial charge in [-0.05, 0) is 0 Å². The summed E-state index contributed by atoms with van der Waals surface area (Å²) in [6.07, 6.45) is 3.48. The molecule has 36 valence electrons. The molecule has 0 bridgehead atoms. The SMILES string of the molecule is N#CC(C#N)=C1C=C1. The van der Waals surface area contributed by atoms with Crippen molar-refractivity contribution in [3.8, 4) is 12.1 Å². The van der Waals surface area contributed by atoms with E-state index in [0.29, 0.717) is 0 Å². The maximum atomic E-state index is 8.17. The van der Waals surface area contributed by atoms with Gasteiger partial charge in [0.15, 0.2) is 0 Å². The van der Waals surface area contributed by atoms with E-state index >= 15 is 0 Å². The molecule has 8 heavy (non-hydrogen) atoms. The van der Waals surface area contributed by atoms with Gasteiger partial charge in [0.2, 0.25) is 0 Å². The Morgan fingerprint density at radius 2 is 1.75 bits per heavy atom. The number of hydrogen-bond acceptors (Lipinski definition) is 2. The zero-order chi connectivity index (χ0) is 5.98. The van der Waals surface area contributed by atoms with Crippen LogP contribution in [0.3, 0.4) is 0 Å². The molecule has 1 rings (SSSR count). The summed E-state index contributed by atoms with van der Waals surface area (Å²) >= 11 is 0. The summed E-state index contributed by atoms with van der Waals surface area (Å²) < 4.78 is 0. The average Bonchev–Trinajstić information content (AvgIpc) is 2.53. The lowest BCUT2D eigenvalue weighted by Crippen LogP contribution is -1.67. The second-order valence-electron chi connectivity index (χ2n) is 1.39. The molecule has 0 saturated carbocycles. The predicted octanol–water partition coefficient (Wildman–Crippen LogP) is 0.900. The summed E-state index contributed by atoms with van der Waals surface area (Å²) in [6, 6.07) is 3.54. The van der Waals surface area contributed by atoms with Crippen LogP contribution in [-0.4, -0.2) is 0 Å². The molecule has 0 aromatic carbocycles. The van der Waals surface area contributed by atoms with E-state index in [0.717, 1.165) is 5.57 Å². The number of hydrogen-bond donors (Lipinski definition) is 0. The van der Waals surface area contributed by atoms with Crippen molar-refractivity contribution in [3.63, 3.8) is 0 Å². The third kappa shape index (κ3) is 0.597. The lowest BCUT2D eigenvalue weighted by Gasteiger charge is -1.70. The van der Waals surface area contributed by atoms with E-state index in [1.165, 1.54) is 0 Å². The van der Waals surface area contributed by atoms with E-state index in [4.69, 9.17) is 10.5 Å². The molecular formula is C6H2N2. The van der Waals surface area contributed by atoms with Crippen LogP contribution in [0.1, 0.15) is 0 Å². The Kier molecular flexibility index (Phi) is 0.875. The molecule has 0 aromatic heterocycles. The highest BCUT2D eigenvalue weighted by atomic mass is 14.3. The van der Waals surface area contributed by atoms with Crippen LogP contribution in [0.15, 0.2) is 23.3 Å². The van der Waals surface area contributed by atoms with Crippen molar-refractivity contribution in [2.24, 2.45) is 0 Å². The second-order valence-corrected chi connectivity index (χ2v) is 1.39. The molecule has 1 aliphatic carbocycles. The molecule has 2 nitrogen and oxygen atoms in total. The van der Waals surface area contributed by atoms with Crippen LogP contribution in [0, 0.1) is 22.7 Å².